The van der Waals surface area contributed by atoms with E-state index in [2.05, 4.69) is 10.3 Å². The monoisotopic (exact) mass is 288 g/mol. The minimum Gasteiger partial charge on any atom is -0.335 e. The summed E-state index contributed by atoms with van der Waals surface area (Å²) < 4.78 is 14.7. The lowest BCUT2D eigenvalue weighted by Gasteiger charge is -2.41. The van der Waals surface area contributed by atoms with Gasteiger partial charge in [-0.05, 0) is 31.0 Å². The van der Waals surface area contributed by atoms with Crippen LogP contribution in [0.3, 0.4) is 0 Å². The predicted molar refractivity (Wildman–Crippen MR) is 74.9 cm³/mol. The Labute approximate surface area is 122 Å². The average molecular weight is 288 g/mol. The molecule has 1 saturated heterocycles. The first-order valence-corrected chi connectivity index (χ1v) is 7.11. The molecule has 110 valence electrons. The van der Waals surface area contributed by atoms with Crippen molar-refractivity contribution in [2.75, 3.05) is 6.54 Å². The summed E-state index contributed by atoms with van der Waals surface area (Å²) in [6, 6.07) is 6.41. The second-order valence-corrected chi connectivity index (χ2v) is 5.19. The minimum atomic E-state index is -0.257. The Morgan fingerprint density at radius 3 is 2.71 bits per heavy atom. The molecule has 2 heterocycles. The van der Waals surface area contributed by atoms with E-state index in [-0.39, 0.29) is 24.2 Å². The van der Waals surface area contributed by atoms with Gasteiger partial charge in [0.05, 0.1) is 18.2 Å². The lowest BCUT2D eigenvalue weighted by atomic mass is 9.94. The third-order valence-electron chi connectivity index (χ3n) is 3.84. The molecule has 1 fully saturated rings. The summed E-state index contributed by atoms with van der Waals surface area (Å²) in [5, 5.41) is 7.93. The van der Waals surface area contributed by atoms with Crippen LogP contribution in [0.25, 0.3) is 0 Å². The van der Waals surface area contributed by atoms with Crippen molar-refractivity contribution in [3.63, 3.8) is 0 Å². The number of aryl methyl sites for hydroxylation is 1. The zero-order valence-electron chi connectivity index (χ0n) is 11.9. The van der Waals surface area contributed by atoms with Gasteiger partial charge >= 0.3 is 0 Å². The number of hydrogen-bond donors (Lipinski definition) is 0. The quantitative estimate of drug-likeness (QED) is 0.864. The zero-order valence-corrected chi connectivity index (χ0v) is 11.9. The van der Waals surface area contributed by atoms with Gasteiger partial charge in [0.1, 0.15) is 5.82 Å². The molecule has 0 radical (unpaired) electrons. The molecule has 1 aliphatic heterocycles. The van der Waals surface area contributed by atoms with E-state index >= 15 is 0 Å². The molecule has 3 rings (SSSR count). The largest absolute Gasteiger partial charge is 0.335 e. The number of nitrogens with zero attached hydrogens (tertiary/aromatic N) is 4. The van der Waals surface area contributed by atoms with Crippen molar-refractivity contribution in [1.29, 1.82) is 0 Å². The highest BCUT2D eigenvalue weighted by Gasteiger charge is 2.33. The van der Waals surface area contributed by atoms with Crippen molar-refractivity contribution < 1.29 is 9.18 Å². The third-order valence-corrected chi connectivity index (χ3v) is 3.84. The molecule has 1 aromatic heterocycles. The average Bonchev–Trinajstić information content (AvgIpc) is 2.87. The van der Waals surface area contributed by atoms with Crippen LogP contribution in [0.1, 0.15) is 30.6 Å². The molecule has 1 atom stereocenters. The number of benzene rings is 1. The van der Waals surface area contributed by atoms with E-state index in [1.54, 1.807) is 23.0 Å². The van der Waals surface area contributed by atoms with Gasteiger partial charge in [-0.2, -0.15) is 0 Å². The number of aromatic nitrogens is 3. The molecule has 0 aliphatic carbocycles. The second-order valence-electron chi connectivity index (χ2n) is 5.19. The van der Waals surface area contributed by atoms with Crippen molar-refractivity contribution in [2.45, 2.75) is 32.4 Å². The molecule has 1 amide bonds. The highest BCUT2D eigenvalue weighted by molar-refractivity contribution is 5.79. The van der Waals surface area contributed by atoms with Gasteiger partial charge in [0, 0.05) is 19.3 Å². The smallest absolute Gasteiger partial charge is 0.229 e. The summed E-state index contributed by atoms with van der Waals surface area (Å²) in [5.74, 6) is -0.217. The number of rotatable bonds is 4. The summed E-state index contributed by atoms with van der Waals surface area (Å²) >= 11 is 0. The maximum Gasteiger partial charge on any atom is 0.229 e. The SMILES string of the molecule is CCn1cc(CC(=O)N2CCC2c2ccc(F)cc2)nn1. The molecule has 2 aromatic rings. The molecule has 0 bridgehead atoms. The van der Waals surface area contributed by atoms with E-state index in [0.29, 0.717) is 5.69 Å². The van der Waals surface area contributed by atoms with Crippen molar-refractivity contribution in [3.05, 3.63) is 47.5 Å². The van der Waals surface area contributed by atoms with Crippen molar-refractivity contribution in [2.24, 2.45) is 0 Å². The standard InChI is InChI=1S/C15H17FN4O/c1-2-19-10-13(17-18-19)9-15(21)20-8-7-14(20)11-3-5-12(16)6-4-11/h3-6,10,14H,2,7-9H2,1H3. The fraction of sp³-hybridized carbons (Fsp3) is 0.400. The molecule has 21 heavy (non-hydrogen) atoms. The molecule has 5 nitrogen and oxygen atoms in total. The fourth-order valence-electron chi connectivity index (χ4n) is 2.55. The van der Waals surface area contributed by atoms with Gasteiger partial charge in [-0.3, -0.25) is 9.48 Å². The lowest BCUT2D eigenvalue weighted by Crippen LogP contribution is -2.45. The molecule has 1 aliphatic rings. The number of amides is 1. The number of hydrogen-bond acceptors (Lipinski definition) is 3. The second kappa shape index (κ2) is 5.63. The molecule has 1 unspecified atom stereocenters. The maximum absolute atomic E-state index is 13.0. The summed E-state index contributed by atoms with van der Waals surface area (Å²) in [6.07, 6.45) is 2.97. The fourth-order valence-corrected chi connectivity index (χ4v) is 2.55. The van der Waals surface area contributed by atoms with Gasteiger partial charge in [-0.15, -0.1) is 5.10 Å². The summed E-state index contributed by atoms with van der Waals surface area (Å²) in [4.78, 5) is 14.1. The van der Waals surface area contributed by atoms with E-state index in [4.69, 9.17) is 0 Å². The number of halogens is 1. The number of likely N-dealkylation sites (tertiary alicyclic amines) is 1. The van der Waals surface area contributed by atoms with Crippen molar-refractivity contribution >= 4 is 5.91 Å². The van der Waals surface area contributed by atoms with Crippen LogP contribution in [-0.4, -0.2) is 32.3 Å². The third kappa shape index (κ3) is 2.79. The van der Waals surface area contributed by atoms with E-state index in [9.17, 15) is 9.18 Å². The van der Waals surface area contributed by atoms with Crippen molar-refractivity contribution in [3.8, 4) is 0 Å². The van der Waals surface area contributed by atoms with Gasteiger partial charge in [-0.1, -0.05) is 17.3 Å². The van der Waals surface area contributed by atoms with Crippen molar-refractivity contribution in [1.82, 2.24) is 19.9 Å². The molecule has 0 N–H and O–H groups in total. The van der Waals surface area contributed by atoms with Gasteiger partial charge in [0.2, 0.25) is 5.91 Å². The van der Waals surface area contributed by atoms with Crippen LogP contribution in [-0.2, 0) is 17.8 Å². The van der Waals surface area contributed by atoms with E-state index in [1.165, 1.54) is 12.1 Å². The van der Waals surface area contributed by atoms with Crippen LogP contribution in [0.4, 0.5) is 4.39 Å². The zero-order chi connectivity index (χ0) is 14.8. The number of carbonyl (C=O) groups excluding carboxylic acids is 1. The Balaban J connectivity index is 1.66. The van der Waals surface area contributed by atoms with E-state index < -0.39 is 0 Å². The molecular formula is C15H17FN4O. The van der Waals surface area contributed by atoms with E-state index in [0.717, 1.165) is 25.1 Å². The highest BCUT2D eigenvalue weighted by atomic mass is 19.1. The van der Waals surface area contributed by atoms with Crippen LogP contribution in [0, 0.1) is 5.82 Å². The topological polar surface area (TPSA) is 51.0 Å². The van der Waals surface area contributed by atoms with Crippen LogP contribution < -0.4 is 0 Å². The number of carbonyl (C=O) groups is 1. The molecule has 0 saturated carbocycles. The first-order valence-electron chi connectivity index (χ1n) is 7.11. The first kappa shape index (κ1) is 13.7. The minimum absolute atomic E-state index is 0.0405. The van der Waals surface area contributed by atoms with Crippen LogP contribution in [0.15, 0.2) is 30.5 Å². The summed E-state index contributed by atoms with van der Waals surface area (Å²) in [7, 11) is 0. The summed E-state index contributed by atoms with van der Waals surface area (Å²) in [6.45, 7) is 3.45. The highest BCUT2D eigenvalue weighted by Crippen LogP contribution is 2.33. The Morgan fingerprint density at radius 2 is 2.14 bits per heavy atom. The Bertz CT molecular complexity index is 637. The first-order chi connectivity index (χ1) is 10.2. The molecular weight excluding hydrogens is 271 g/mol. The maximum atomic E-state index is 13.0. The van der Waals surface area contributed by atoms with Gasteiger partial charge in [0.15, 0.2) is 0 Å². The Kier molecular flexibility index (Phi) is 3.68. The van der Waals surface area contributed by atoms with Crippen LogP contribution in [0.5, 0.6) is 0 Å². The Hall–Kier alpha value is -2.24. The lowest BCUT2D eigenvalue weighted by molar-refractivity contribution is -0.138. The predicted octanol–water partition coefficient (Wildman–Crippen LogP) is 1.95. The van der Waals surface area contributed by atoms with Gasteiger partial charge < -0.3 is 4.90 Å². The van der Waals surface area contributed by atoms with Crippen LogP contribution in [0.2, 0.25) is 0 Å². The molecule has 6 heteroatoms. The van der Waals surface area contributed by atoms with Gasteiger partial charge in [-0.25, -0.2) is 4.39 Å². The van der Waals surface area contributed by atoms with Gasteiger partial charge in [0.25, 0.3) is 0 Å². The van der Waals surface area contributed by atoms with Crippen LogP contribution >= 0.6 is 0 Å². The molecule has 0 spiro atoms. The summed E-state index contributed by atoms with van der Waals surface area (Å²) in [5.41, 5.74) is 1.67. The normalized spacial score (nSPS) is 17.6. The van der Waals surface area contributed by atoms with E-state index in [1.807, 2.05) is 11.8 Å². The molecule has 1 aromatic carbocycles. The Morgan fingerprint density at radius 1 is 1.38 bits per heavy atom.